The van der Waals surface area contributed by atoms with Crippen LogP contribution in [-0.4, -0.2) is 33.5 Å². The third-order valence-electron chi connectivity index (χ3n) is 4.11. The fraction of sp³-hybridized carbons (Fsp3) is 0.250. The molecule has 3 rings (SSSR count). The van der Waals surface area contributed by atoms with Gasteiger partial charge in [-0.2, -0.15) is 0 Å². The molecule has 0 unspecified atom stereocenters. The number of rotatable bonds is 7. The van der Waals surface area contributed by atoms with Crippen molar-refractivity contribution in [3.63, 3.8) is 0 Å². The second kappa shape index (κ2) is 8.73. The van der Waals surface area contributed by atoms with Crippen LogP contribution in [0.15, 0.2) is 53.9 Å². The Morgan fingerprint density at radius 2 is 2.07 bits per heavy atom. The second-order valence-electron chi connectivity index (χ2n) is 6.01. The van der Waals surface area contributed by atoms with Crippen LogP contribution in [0.1, 0.15) is 18.1 Å². The van der Waals surface area contributed by atoms with Gasteiger partial charge in [-0.3, -0.25) is 9.36 Å². The van der Waals surface area contributed by atoms with Crippen LogP contribution in [0.2, 0.25) is 0 Å². The van der Waals surface area contributed by atoms with E-state index in [2.05, 4.69) is 28.5 Å². The zero-order chi connectivity index (χ0) is 19.2. The second-order valence-corrected chi connectivity index (χ2v) is 6.95. The SMILES string of the molecule is CCc1ccccc1-n1cnnc1SCC(=O)Nc1cc(C)ccc1OC. The van der Waals surface area contributed by atoms with E-state index in [1.165, 1.54) is 17.3 Å². The van der Waals surface area contributed by atoms with E-state index in [-0.39, 0.29) is 11.7 Å². The van der Waals surface area contributed by atoms with Crippen LogP contribution in [0.3, 0.4) is 0 Å². The number of amides is 1. The number of thioether (sulfide) groups is 1. The van der Waals surface area contributed by atoms with Gasteiger partial charge in [-0.05, 0) is 42.7 Å². The van der Waals surface area contributed by atoms with Crippen molar-refractivity contribution in [2.24, 2.45) is 0 Å². The van der Waals surface area contributed by atoms with Gasteiger partial charge in [0.05, 0.1) is 24.2 Å². The van der Waals surface area contributed by atoms with Gasteiger partial charge >= 0.3 is 0 Å². The number of benzene rings is 2. The van der Waals surface area contributed by atoms with Crippen molar-refractivity contribution in [3.8, 4) is 11.4 Å². The molecule has 2 aromatic carbocycles. The van der Waals surface area contributed by atoms with E-state index >= 15 is 0 Å². The maximum Gasteiger partial charge on any atom is 0.234 e. The van der Waals surface area contributed by atoms with Crippen molar-refractivity contribution in [1.29, 1.82) is 0 Å². The molecule has 0 radical (unpaired) electrons. The number of methoxy groups -OCH3 is 1. The number of para-hydroxylation sites is 1. The van der Waals surface area contributed by atoms with Crippen molar-refractivity contribution >= 4 is 23.4 Å². The summed E-state index contributed by atoms with van der Waals surface area (Å²) >= 11 is 1.35. The van der Waals surface area contributed by atoms with Crippen molar-refractivity contribution in [2.75, 3.05) is 18.2 Å². The minimum atomic E-state index is -0.123. The lowest BCUT2D eigenvalue weighted by Crippen LogP contribution is -2.15. The Labute approximate surface area is 163 Å². The van der Waals surface area contributed by atoms with Crippen LogP contribution in [-0.2, 0) is 11.2 Å². The Kier molecular flexibility index (Phi) is 6.13. The molecule has 0 aliphatic carbocycles. The highest BCUT2D eigenvalue weighted by Crippen LogP contribution is 2.26. The number of carbonyl (C=O) groups excluding carboxylic acids is 1. The predicted molar refractivity (Wildman–Crippen MR) is 108 cm³/mol. The van der Waals surface area contributed by atoms with Crippen molar-refractivity contribution in [2.45, 2.75) is 25.4 Å². The van der Waals surface area contributed by atoms with Gasteiger partial charge in [-0.15, -0.1) is 10.2 Å². The molecule has 0 bridgehead atoms. The van der Waals surface area contributed by atoms with Crippen LogP contribution < -0.4 is 10.1 Å². The summed E-state index contributed by atoms with van der Waals surface area (Å²) in [7, 11) is 1.59. The number of nitrogens with one attached hydrogen (secondary N) is 1. The largest absolute Gasteiger partial charge is 0.495 e. The molecule has 7 heteroatoms. The maximum atomic E-state index is 12.4. The van der Waals surface area contributed by atoms with E-state index in [0.29, 0.717) is 16.6 Å². The van der Waals surface area contributed by atoms with Crippen LogP contribution in [0.5, 0.6) is 5.75 Å². The Hall–Kier alpha value is -2.80. The number of hydrogen-bond donors (Lipinski definition) is 1. The molecule has 1 amide bonds. The van der Waals surface area contributed by atoms with E-state index in [0.717, 1.165) is 17.7 Å². The maximum absolute atomic E-state index is 12.4. The van der Waals surface area contributed by atoms with Gasteiger partial charge in [0, 0.05) is 0 Å². The fourth-order valence-electron chi connectivity index (χ4n) is 2.77. The molecule has 0 aliphatic heterocycles. The molecule has 0 fully saturated rings. The van der Waals surface area contributed by atoms with Gasteiger partial charge in [0.25, 0.3) is 0 Å². The highest BCUT2D eigenvalue weighted by molar-refractivity contribution is 7.99. The molecule has 1 heterocycles. The standard InChI is InChI=1S/C20H22N4O2S/c1-4-15-7-5-6-8-17(15)24-13-21-23-20(24)27-12-19(25)22-16-11-14(2)9-10-18(16)26-3/h5-11,13H,4,12H2,1-3H3,(H,22,25). The third kappa shape index (κ3) is 4.49. The first kappa shape index (κ1) is 19.0. The lowest BCUT2D eigenvalue weighted by Gasteiger charge is -2.12. The van der Waals surface area contributed by atoms with Crippen molar-refractivity contribution in [1.82, 2.24) is 14.8 Å². The van der Waals surface area contributed by atoms with Crippen LogP contribution in [0.25, 0.3) is 5.69 Å². The number of anilines is 1. The minimum Gasteiger partial charge on any atom is -0.495 e. The quantitative estimate of drug-likeness (QED) is 0.628. The average Bonchev–Trinajstić information content (AvgIpc) is 3.15. The summed E-state index contributed by atoms with van der Waals surface area (Å²) in [6, 6.07) is 13.8. The number of aryl methyl sites for hydroxylation is 2. The van der Waals surface area contributed by atoms with Gasteiger partial charge < -0.3 is 10.1 Å². The molecule has 6 nitrogen and oxygen atoms in total. The summed E-state index contributed by atoms with van der Waals surface area (Å²) in [5.41, 5.74) is 3.96. The number of nitrogens with zero attached hydrogens (tertiary/aromatic N) is 3. The average molecular weight is 382 g/mol. The molecular formula is C20H22N4O2S. The van der Waals surface area contributed by atoms with Crippen LogP contribution >= 0.6 is 11.8 Å². The molecule has 140 valence electrons. The van der Waals surface area contributed by atoms with Gasteiger partial charge in [0.2, 0.25) is 5.91 Å². The normalized spacial score (nSPS) is 10.6. The first-order chi connectivity index (χ1) is 13.1. The molecule has 1 aromatic heterocycles. The van der Waals surface area contributed by atoms with Gasteiger partial charge in [0.1, 0.15) is 12.1 Å². The molecule has 0 aliphatic rings. The summed E-state index contributed by atoms with van der Waals surface area (Å²) in [6.45, 7) is 4.08. The number of carbonyl (C=O) groups is 1. The molecule has 27 heavy (non-hydrogen) atoms. The zero-order valence-corrected chi connectivity index (χ0v) is 16.4. The van der Waals surface area contributed by atoms with E-state index in [1.54, 1.807) is 13.4 Å². The zero-order valence-electron chi connectivity index (χ0n) is 15.6. The number of ether oxygens (including phenoxy) is 1. The lowest BCUT2D eigenvalue weighted by molar-refractivity contribution is -0.113. The Bertz CT molecular complexity index is 939. The van der Waals surface area contributed by atoms with Crippen LogP contribution in [0, 0.1) is 6.92 Å². The van der Waals surface area contributed by atoms with Gasteiger partial charge in [0.15, 0.2) is 5.16 Å². The molecule has 0 saturated carbocycles. The summed E-state index contributed by atoms with van der Waals surface area (Å²) in [4.78, 5) is 12.4. The smallest absolute Gasteiger partial charge is 0.234 e. The molecule has 0 atom stereocenters. The van der Waals surface area contributed by atoms with Gasteiger partial charge in [-0.1, -0.05) is 43.0 Å². The highest BCUT2D eigenvalue weighted by Gasteiger charge is 2.13. The minimum absolute atomic E-state index is 0.123. The van der Waals surface area contributed by atoms with E-state index < -0.39 is 0 Å². The monoisotopic (exact) mass is 382 g/mol. The number of hydrogen-bond acceptors (Lipinski definition) is 5. The lowest BCUT2D eigenvalue weighted by atomic mass is 10.1. The third-order valence-corrected chi connectivity index (χ3v) is 5.05. The Balaban J connectivity index is 1.71. The van der Waals surface area contributed by atoms with Crippen molar-refractivity contribution in [3.05, 3.63) is 59.9 Å². The summed E-state index contributed by atoms with van der Waals surface area (Å²) in [6.07, 6.45) is 2.59. The fourth-order valence-corrected chi connectivity index (χ4v) is 3.49. The summed E-state index contributed by atoms with van der Waals surface area (Å²) in [5, 5.41) is 11.8. The molecular weight excluding hydrogens is 360 g/mol. The molecule has 1 N–H and O–H groups in total. The highest BCUT2D eigenvalue weighted by atomic mass is 32.2. The predicted octanol–water partition coefficient (Wildman–Crippen LogP) is 3.88. The van der Waals surface area contributed by atoms with Crippen LogP contribution in [0.4, 0.5) is 5.69 Å². The Morgan fingerprint density at radius 3 is 2.85 bits per heavy atom. The van der Waals surface area contributed by atoms with E-state index in [1.807, 2.05) is 47.9 Å². The van der Waals surface area contributed by atoms with Gasteiger partial charge in [-0.25, -0.2) is 0 Å². The topological polar surface area (TPSA) is 69.0 Å². The Morgan fingerprint density at radius 1 is 1.26 bits per heavy atom. The van der Waals surface area contributed by atoms with Crippen molar-refractivity contribution < 1.29 is 9.53 Å². The summed E-state index contributed by atoms with van der Waals surface area (Å²) < 4.78 is 7.23. The first-order valence-electron chi connectivity index (χ1n) is 8.68. The van der Waals surface area contributed by atoms with E-state index in [4.69, 9.17) is 4.74 Å². The molecule has 0 saturated heterocycles. The molecule has 3 aromatic rings. The molecule has 0 spiro atoms. The first-order valence-corrected chi connectivity index (χ1v) is 9.66. The summed E-state index contributed by atoms with van der Waals surface area (Å²) in [5.74, 6) is 0.741. The van der Waals surface area contributed by atoms with E-state index in [9.17, 15) is 4.79 Å². The number of aromatic nitrogens is 3.